The summed E-state index contributed by atoms with van der Waals surface area (Å²) >= 11 is 2.55. The number of allylic oxidation sites excluding steroid dienone is 1. The Morgan fingerprint density at radius 3 is 2.49 bits per heavy atom. The lowest BCUT2D eigenvalue weighted by molar-refractivity contribution is -0.143. The minimum absolute atomic E-state index is 0.279. The van der Waals surface area contributed by atoms with Gasteiger partial charge in [-0.05, 0) is 89.2 Å². The predicted octanol–water partition coefficient (Wildman–Crippen LogP) is 4.74. The van der Waals surface area contributed by atoms with E-state index >= 15 is 0 Å². The Kier molecular flexibility index (Phi) is 8.27. The van der Waals surface area contributed by atoms with Gasteiger partial charge in [0.15, 0.2) is 15.1 Å². The van der Waals surface area contributed by atoms with E-state index in [1.165, 1.54) is 23.1 Å². The third-order valence-corrected chi connectivity index (χ3v) is 7.89. The SMILES string of the molecule is CCOc1ccc([C@@H]2C(C(=O)OC(C)C)=C(C)N=c3s/c(=C\c4ccc(Sc5nc(C)cc(C)n5)o4)c(=O)n32)cc1. The molecule has 0 unspecified atom stereocenters. The van der Waals surface area contributed by atoms with Crippen LogP contribution in [0.2, 0.25) is 0 Å². The van der Waals surface area contributed by atoms with E-state index in [9.17, 15) is 9.59 Å². The van der Waals surface area contributed by atoms with Crippen molar-refractivity contribution in [3.8, 4) is 5.75 Å². The Bertz CT molecular complexity index is 1800. The number of esters is 1. The molecule has 0 radical (unpaired) electrons. The van der Waals surface area contributed by atoms with Gasteiger partial charge in [-0.1, -0.05) is 23.5 Å². The number of benzene rings is 1. The maximum Gasteiger partial charge on any atom is 0.338 e. The molecule has 0 bridgehead atoms. The molecular formula is C30H30N4O5S2. The average Bonchev–Trinajstić information content (AvgIpc) is 3.46. The molecule has 0 fully saturated rings. The van der Waals surface area contributed by atoms with Gasteiger partial charge in [-0.3, -0.25) is 9.36 Å². The summed E-state index contributed by atoms with van der Waals surface area (Å²) < 4.78 is 19.1. The number of hydrogen-bond acceptors (Lipinski definition) is 10. The molecule has 5 rings (SSSR count). The normalized spacial score (nSPS) is 15.2. The van der Waals surface area contributed by atoms with Crippen molar-refractivity contribution in [2.24, 2.45) is 4.99 Å². The fourth-order valence-electron chi connectivity index (χ4n) is 4.51. The third kappa shape index (κ3) is 6.20. The Morgan fingerprint density at radius 1 is 1.12 bits per heavy atom. The van der Waals surface area contributed by atoms with Gasteiger partial charge in [0.1, 0.15) is 11.5 Å². The van der Waals surface area contributed by atoms with Crippen molar-refractivity contribution in [1.29, 1.82) is 0 Å². The molecule has 4 aromatic rings. The molecule has 41 heavy (non-hydrogen) atoms. The molecule has 1 atom stereocenters. The van der Waals surface area contributed by atoms with E-state index in [0.29, 0.717) is 49.0 Å². The second kappa shape index (κ2) is 11.9. The van der Waals surface area contributed by atoms with Crippen molar-refractivity contribution in [2.45, 2.75) is 63.9 Å². The molecule has 3 aromatic heterocycles. The van der Waals surface area contributed by atoms with E-state index in [1.807, 2.05) is 57.2 Å². The highest BCUT2D eigenvalue weighted by molar-refractivity contribution is 7.99. The molecule has 1 aromatic carbocycles. The third-order valence-electron chi connectivity index (χ3n) is 6.12. The predicted molar refractivity (Wildman–Crippen MR) is 157 cm³/mol. The molecular weight excluding hydrogens is 560 g/mol. The molecule has 0 saturated heterocycles. The van der Waals surface area contributed by atoms with Crippen molar-refractivity contribution in [3.63, 3.8) is 0 Å². The molecule has 4 heterocycles. The monoisotopic (exact) mass is 590 g/mol. The summed E-state index contributed by atoms with van der Waals surface area (Å²) in [6.45, 7) is 11.6. The first-order valence-corrected chi connectivity index (χ1v) is 14.8. The molecule has 1 aliphatic rings. The number of ether oxygens (including phenoxy) is 2. The van der Waals surface area contributed by atoms with E-state index in [2.05, 4.69) is 15.0 Å². The number of fused-ring (bicyclic) bond motifs is 1. The van der Waals surface area contributed by atoms with Crippen LogP contribution in [0.5, 0.6) is 5.75 Å². The van der Waals surface area contributed by atoms with Crippen LogP contribution in [0.3, 0.4) is 0 Å². The molecule has 0 spiro atoms. The van der Waals surface area contributed by atoms with Crippen LogP contribution in [0.15, 0.2) is 78.2 Å². The van der Waals surface area contributed by atoms with Crippen molar-refractivity contribution in [2.75, 3.05) is 6.61 Å². The number of carbonyl (C=O) groups is 1. The molecule has 0 amide bonds. The highest BCUT2D eigenvalue weighted by Gasteiger charge is 2.33. The largest absolute Gasteiger partial charge is 0.494 e. The molecule has 0 aliphatic carbocycles. The van der Waals surface area contributed by atoms with E-state index in [-0.39, 0.29) is 11.7 Å². The summed E-state index contributed by atoms with van der Waals surface area (Å²) in [7, 11) is 0. The first kappa shape index (κ1) is 28.6. The second-order valence-corrected chi connectivity index (χ2v) is 11.7. The molecule has 212 valence electrons. The number of carbonyl (C=O) groups excluding carboxylic acids is 1. The zero-order valence-corrected chi connectivity index (χ0v) is 25.3. The summed E-state index contributed by atoms with van der Waals surface area (Å²) in [5.41, 5.74) is 3.05. The lowest BCUT2D eigenvalue weighted by Gasteiger charge is -2.25. The van der Waals surface area contributed by atoms with Crippen LogP contribution in [-0.4, -0.2) is 33.2 Å². The minimum Gasteiger partial charge on any atom is -0.494 e. The number of rotatable bonds is 8. The second-order valence-electron chi connectivity index (χ2n) is 9.73. The molecule has 1 aliphatic heterocycles. The summed E-state index contributed by atoms with van der Waals surface area (Å²) in [6, 6.07) is 12.2. The van der Waals surface area contributed by atoms with Gasteiger partial charge in [0.05, 0.1) is 34.6 Å². The summed E-state index contributed by atoms with van der Waals surface area (Å²) in [6.07, 6.45) is 1.37. The Labute approximate surface area is 245 Å². The molecule has 9 nitrogen and oxygen atoms in total. The quantitative estimate of drug-likeness (QED) is 0.214. The Balaban J connectivity index is 1.56. The van der Waals surface area contributed by atoms with Gasteiger partial charge in [-0.25, -0.2) is 19.8 Å². The zero-order chi connectivity index (χ0) is 29.3. The van der Waals surface area contributed by atoms with Crippen LogP contribution in [0, 0.1) is 13.8 Å². The topological polar surface area (TPSA) is 109 Å². The maximum absolute atomic E-state index is 13.9. The van der Waals surface area contributed by atoms with Crippen molar-refractivity contribution >= 4 is 35.1 Å². The smallest absolute Gasteiger partial charge is 0.338 e. The van der Waals surface area contributed by atoms with Gasteiger partial charge >= 0.3 is 5.97 Å². The Morgan fingerprint density at radius 2 is 1.83 bits per heavy atom. The first-order valence-electron chi connectivity index (χ1n) is 13.2. The lowest BCUT2D eigenvalue weighted by atomic mass is 9.96. The molecule has 0 N–H and O–H groups in total. The fourth-order valence-corrected chi connectivity index (χ4v) is 6.37. The number of hydrogen-bond donors (Lipinski definition) is 0. The van der Waals surface area contributed by atoms with E-state index in [0.717, 1.165) is 17.0 Å². The van der Waals surface area contributed by atoms with Crippen LogP contribution in [0.4, 0.5) is 0 Å². The zero-order valence-electron chi connectivity index (χ0n) is 23.6. The van der Waals surface area contributed by atoms with Gasteiger partial charge in [0.2, 0.25) is 0 Å². The highest BCUT2D eigenvalue weighted by Crippen LogP contribution is 2.32. The molecule has 0 saturated carbocycles. The lowest BCUT2D eigenvalue weighted by Crippen LogP contribution is -2.40. The Hall–Kier alpha value is -3.96. The number of aryl methyl sites for hydroxylation is 2. The number of thiazole rings is 1. The van der Waals surface area contributed by atoms with Gasteiger partial charge in [0.25, 0.3) is 5.56 Å². The van der Waals surface area contributed by atoms with Crippen LogP contribution in [0.1, 0.15) is 56.4 Å². The summed E-state index contributed by atoms with van der Waals surface area (Å²) in [4.78, 5) is 41.2. The first-order chi connectivity index (χ1) is 19.6. The standard InChI is InChI=1S/C30H30N4O5S2/c1-7-37-21-10-8-20(9-11-21)26-25(28(36)38-16(2)3)19(6)33-30-34(26)27(35)23(40-30)15-22-12-13-24(39-22)41-29-31-17(4)14-18(5)32-29/h8-16,26H,7H2,1-6H3/b23-15-/t26-/m1/s1. The number of nitrogens with zero attached hydrogens (tertiary/aromatic N) is 4. The summed E-state index contributed by atoms with van der Waals surface area (Å²) in [5, 5.41) is 1.20. The van der Waals surface area contributed by atoms with Crippen LogP contribution in [-0.2, 0) is 9.53 Å². The van der Waals surface area contributed by atoms with Gasteiger partial charge < -0.3 is 13.9 Å². The fraction of sp³-hybridized carbons (Fsp3) is 0.300. The van der Waals surface area contributed by atoms with Crippen LogP contribution >= 0.6 is 23.1 Å². The highest BCUT2D eigenvalue weighted by atomic mass is 32.2. The van der Waals surface area contributed by atoms with Gasteiger partial charge in [-0.2, -0.15) is 0 Å². The maximum atomic E-state index is 13.9. The summed E-state index contributed by atoms with van der Waals surface area (Å²) in [5.74, 6) is 0.707. The van der Waals surface area contributed by atoms with Crippen LogP contribution < -0.4 is 19.6 Å². The minimum atomic E-state index is -0.709. The van der Waals surface area contributed by atoms with E-state index < -0.39 is 12.0 Å². The number of furan rings is 1. The molecule has 11 heteroatoms. The van der Waals surface area contributed by atoms with Gasteiger partial charge in [0, 0.05) is 17.5 Å². The average molecular weight is 591 g/mol. The van der Waals surface area contributed by atoms with Crippen molar-refractivity contribution in [1.82, 2.24) is 14.5 Å². The van der Waals surface area contributed by atoms with Crippen molar-refractivity contribution < 1.29 is 18.7 Å². The number of aromatic nitrogens is 3. The van der Waals surface area contributed by atoms with E-state index in [1.54, 1.807) is 37.5 Å². The van der Waals surface area contributed by atoms with E-state index in [4.69, 9.17) is 13.9 Å². The van der Waals surface area contributed by atoms with Gasteiger partial charge in [-0.15, -0.1) is 0 Å². The van der Waals surface area contributed by atoms with Crippen LogP contribution in [0.25, 0.3) is 6.08 Å². The van der Waals surface area contributed by atoms with Crippen molar-refractivity contribution in [3.05, 3.63) is 96.1 Å².